The molecule has 0 N–H and O–H groups in total. The SMILES string of the molecule is Cc1ccc(-c2ccccc2F)c(-c2ccccc2F)n1. The van der Waals surface area contributed by atoms with Crippen molar-refractivity contribution in [1.29, 1.82) is 0 Å². The fourth-order valence-corrected chi connectivity index (χ4v) is 2.31. The predicted octanol–water partition coefficient (Wildman–Crippen LogP) is 5.00. The van der Waals surface area contributed by atoms with Gasteiger partial charge in [0.15, 0.2) is 0 Å². The number of aromatic nitrogens is 1. The molecule has 0 spiro atoms. The summed E-state index contributed by atoms with van der Waals surface area (Å²) in [6.07, 6.45) is 0. The molecule has 0 unspecified atom stereocenters. The van der Waals surface area contributed by atoms with E-state index in [1.165, 1.54) is 12.1 Å². The number of pyridine rings is 1. The number of hydrogen-bond acceptors (Lipinski definition) is 1. The molecule has 0 aliphatic carbocycles. The van der Waals surface area contributed by atoms with Crippen LogP contribution in [0.2, 0.25) is 0 Å². The second kappa shape index (κ2) is 5.44. The minimum absolute atomic E-state index is 0.347. The summed E-state index contributed by atoms with van der Waals surface area (Å²) < 4.78 is 28.1. The molecule has 1 nitrogen and oxygen atoms in total. The standard InChI is InChI=1S/C18H13F2N/c1-12-10-11-14(13-6-2-4-8-16(13)19)18(21-12)15-7-3-5-9-17(15)20/h2-11H,1H3. The number of aryl methyl sites for hydroxylation is 1. The summed E-state index contributed by atoms with van der Waals surface area (Å²) in [5, 5.41) is 0. The lowest BCUT2D eigenvalue weighted by atomic mass is 9.98. The molecule has 1 aromatic heterocycles. The van der Waals surface area contributed by atoms with Crippen LogP contribution in [0, 0.1) is 18.6 Å². The van der Waals surface area contributed by atoms with Crippen molar-refractivity contribution in [3.63, 3.8) is 0 Å². The molecule has 0 saturated heterocycles. The van der Waals surface area contributed by atoms with E-state index in [9.17, 15) is 8.78 Å². The molecule has 0 fully saturated rings. The molecule has 1 heterocycles. The van der Waals surface area contributed by atoms with Gasteiger partial charge in [0, 0.05) is 22.4 Å². The Morgan fingerprint density at radius 2 is 1.24 bits per heavy atom. The second-order valence-corrected chi connectivity index (χ2v) is 4.81. The maximum atomic E-state index is 14.1. The van der Waals surface area contributed by atoms with E-state index in [2.05, 4.69) is 4.98 Å². The van der Waals surface area contributed by atoms with Crippen molar-refractivity contribution in [2.45, 2.75) is 6.92 Å². The van der Waals surface area contributed by atoms with Gasteiger partial charge in [-0.3, -0.25) is 4.98 Å². The Labute approximate surface area is 121 Å². The van der Waals surface area contributed by atoms with Gasteiger partial charge in [-0.25, -0.2) is 8.78 Å². The van der Waals surface area contributed by atoms with Gasteiger partial charge in [0.2, 0.25) is 0 Å². The first kappa shape index (κ1) is 13.4. The molecule has 2 aromatic carbocycles. The van der Waals surface area contributed by atoms with Gasteiger partial charge in [-0.15, -0.1) is 0 Å². The molecule has 0 atom stereocenters. The highest BCUT2D eigenvalue weighted by Crippen LogP contribution is 2.33. The highest BCUT2D eigenvalue weighted by atomic mass is 19.1. The molecule has 3 rings (SSSR count). The van der Waals surface area contributed by atoms with Crippen molar-refractivity contribution in [2.75, 3.05) is 0 Å². The second-order valence-electron chi connectivity index (χ2n) is 4.81. The Kier molecular flexibility index (Phi) is 3.48. The van der Waals surface area contributed by atoms with Gasteiger partial charge in [-0.2, -0.15) is 0 Å². The summed E-state index contributed by atoms with van der Waals surface area (Å²) in [4.78, 5) is 4.42. The summed E-state index contributed by atoms with van der Waals surface area (Å²) in [6.45, 7) is 1.83. The average molecular weight is 281 g/mol. The summed E-state index contributed by atoms with van der Waals surface area (Å²) >= 11 is 0. The van der Waals surface area contributed by atoms with E-state index in [0.717, 1.165) is 5.69 Å². The van der Waals surface area contributed by atoms with Crippen LogP contribution in [0.25, 0.3) is 22.4 Å². The Balaban J connectivity index is 2.29. The zero-order valence-electron chi connectivity index (χ0n) is 11.5. The topological polar surface area (TPSA) is 12.9 Å². The van der Waals surface area contributed by atoms with E-state index in [0.29, 0.717) is 22.4 Å². The smallest absolute Gasteiger partial charge is 0.132 e. The lowest BCUT2D eigenvalue weighted by Crippen LogP contribution is -1.95. The van der Waals surface area contributed by atoms with Crippen LogP contribution >= 0.6 is 0 Å². The molecule has 21 heavy (non-hydrogen) atoms. The van der Waals surface area contributed by atoms with E-state index >= 15 is 0 Å². The van der Waals surface area contributed by atoms with Gasteiger partial charge in [0.25, 0.3) is 0 Å². The summed E-state index contributed by atoms with van der Waals surface area (Å²) in [6, 6.07) is 16.4. The third-order valence-electron chi connectivity index (χ3n) is 3.33. The molecule has 3 heteroatoms. The normalized spacial score (nSPS) is 10.6. The van der Waals surface area contributed by atoms with E-state index in [1.54, 1.807) is 48.5 Å². The Morgan fingerprint density at radius 3 is 1.86 bits per heavy atom. The number of rotatable bonds is 2. The first-order valence-corrected chi connectivity index (χ1v) is 6.64. The predicted molar refractivity (Wildman–Crippen MR) is 79.8 cm³/mol. The number of benzene rings is 2. The first-order valence-electron chi connectivity index (χ1n) is 6.64. The molecule has 0 aliphatic rings. The fourth-order valence-electron chi connectivity index (χ4n) is 2.31. The average Bonchev–Trinajstić information content (AvgIpc) is 2.49. The van der Waals surface area contributed by atoms with Crippen LogP contribution in [0.3, 0.4) is 0 Å². The van der Waals surface area contributed by atoms with Crippen LogP contribution in [0.5, 0.6) is 0 Å². The largest absolute Gasteiger partial charge is 0.252 e. The van der Waals surface area contributed by atoms with Crippen LogP contribution in [-0.4, -0.2) is 4.98 Å². The Morgan fingerprint density at radius 1 is 0.667 bits per heavy atom. The minimum atomic E-state index is -0.367. The van der Waals surface area contributed by atoms with Gasteiger partial charge in [0.1, 0.15) is 11.6 Å². The van der Waals surface area contributed by atoms with E-state index in [-0.39, 0.29) is 11.6 Å². The van der Waals surface area contributed by atoms with Gasteiger partial charge in [-0.05, 0) is 31.2 Å². The van der Waals surface area contributed by atoms with Crippen LogP contribution in [0.4, 0.5) is 8.78 Å². The maximum Gasteiger partial charge on any atom is 0.132 e. The molecular formula is C18H13F2N. The highest BCUT2D eigenvalue weighted by Gasteiger charge is 2.15. The van der Waals surface area contributed by atoms with Gasteiger partial charge in [0.05, 0.1) is 5.69 Å². The summed E-state index contributed by atoms with van der Waals surface area (Å²) in [5.74, 6) is -0.714. The Hall–Kier alpha value is -2.55. The van der Waals surface area contributed by atoms with Crippen molar-refractivity contribution in [3.8, 4) is 22.4 Å². The van der Waals surface area contributed by atoms with Crippen LogP contribution in [-0.2, 0) is 0 Å². The molecule has 0 aliphatic heterocycles. The van der Waals surface area contributed by atoms with E-state index in [1.807, 2.05) is 6.92 Å². The lowest BCUT2D eigenvalue weighted by Gasteiger charge is -2.11. The minimum Gasteiger partial charge on any atom is -0.252 e. The molecule has 0 radical (unpaired) electrons. The fraction of sp³-hybridized carbons (Fsp3) is 0.0556. The van der Waals surface area contributed by atoms with Gasteiger partial charge in [-0.1, -0.05) is 36.4 Å². The van der Waals surface area contributed by atoms with Crippen molar-refractivity contribution in [3.05, 3.63) is 78.0 Å². The molecule has 0 bridgehead atoms. The van der Waals surface area contributed by atoms with Crippen molar-refractivity contribution in [2.24, 2.45) is 0 Å². The van der Waals surface area contributed by atoms with Crippen LogP contribution in [0.1, 0.15) is 5.69 Å². The summed E-state index contributed by atoms with van der Waals surface area (Å²) in [7, 11) is 0. The highest BCUT2D eigenvalue weighted by molar-refractivity contribution is 5.81. The Bertz CT molecular complexity index is 797. The number of hydrogen-bond donors (Lipinski definition) is 0. The lowest BCUT2D eigenvalue weighted by molar-refractivity contribution is 0.628. The zero-order valence-corrected chi connectivity index (χ0v) is 11.5. The maximum absolute atomic E-state index is 14.1. The summed E-state index contributed by atoms with van der Waals surface area (Å²) in [5.41, 5.74) is 2.60. The third-order valence-corrected chi connectivity index (χ3v) is 3.33. The van der Waals surface area contributed by atoms with Crippen molar-refractivity contribution >= 4 is 0 Å². The van der Waals surface area contributed by atoms with Crippen molar-refractivity contribution < 1.29 is 8.78 Å². The number of halogens is 2. The van der Waals surface area contributed by atoms with Crippen LogP contribution in [0.15, 0.2) is 60.7 Å². The molecular weight excluding hydrogens is 268 g/mol. The molecule has 0 amide bonds. The number of nitrogens with zero attached hydrogens (tertiary/aromatic N) is 1. The van der Waals surface area contributed by atoms with Gasteiger partial charge < -0.3 is 0 Å². The monoisotopic (exact) mass is 281 g/mol. The zero-order chi connectivity index (χ0) is 14.8. The van der Waals surface area contributed by atoms with Gasteiger partial charge >= 0.3 is 0 Å². The van der Waals surface area contributed by atoms with Crippen LogP contribution < -0.4 is 0 Å². The first-order chi connectivity index (χ1) is 10.2. The van der Waals surface area contributed by atoms with E-state index < -0.39 is 0 Å². The third kappa shape index (κ3) is 2.55. The van der Waals surface area contributed by atoms with Crippen molar-refractivity contribution in [1.82, 2.24) is 4.98 Å². The quantitative estimate of drug-likeness (QED) is 0.644. The molecule has 3 aromatic rings. The molecule has 0 saturated carbocycles. The molecule has 104 valence electrons. The van der Waals surface area contributed by atoms with E-state index in [4.69, 9.17) is 0 Å².